The standard InChI is InChI=1S/C69H69BN2Si4/c1-68(2,3)54-29-21-25-44-45(24-20-26-46(44)54)53-39-58-67-62-66(53)71-61-31-30-40(73(4,5)6)32-49(61)50-34-42(75(10,11)12)37-59(64(50)71)70(62)60-38-43(76(13,14)15)35-52-51-33-41(74(7,8)9)36-57(63(51)72(67)65(52)60)69(58)55-27-18-16-22-47(55)48-23-17-19-28-56(48)69/h16-39H,1-15H3. The number of benzene rings is 9. The average molecular weight is 1050 g/mol. The van der Waals surface area contributed by atoms with Crippen LogP contribution in [-0.4, -0.2) is 48.1 Å². The third kappa shape index (κ3) is 5.88. The summed E-state index contributed by atoms with van der Waals surface area (Å²) in [5, 5.41) is 14.5. The predicted molar refractivity (Wildman–Crippen MR) is 344 cm³/mol. The number of hydrogen-bond donors (Lipinski definition) is 0. The molecule has 2 nitrogen and oxygen atoms in total. The minimum atomic E-state index is -1.91. The molecule has 1 aliphatic carbocycles. The Morgan fingerprint density at radius 1 is 0.368 bits per heavy atom. The summed E-state index contributed by atoms with van der Waals surface area (Å²) in [7, 11) is -7.38. The van der Waals surface area contributed by atoms with E-state index in [4.69, 9.17) is 0 Å². The van der Waals surface area contributed by atoms with Crippen molar-refractivity contribution in [3.63, 3.8) is 0 Å². The lowest BCUT2D eigenvalue weighted by Crippen LogP contribution is -2.62. The normalized spacial score (nSPS) is 15.1. The smallest absolute Gasteiger partial charge is 0.252 e. The highest BCUT2D eigenvalue weighted by molar-refractivity contribution is 7.02. The molecule has 0 bridgehead atoms. The Labute approximate surface area is 453 Å². The van der Waals surface area contributed by atoms with Crippen LogP contribution in [0.25, 0.3) is 88.0 Å². The van der Waals surface area contributed by atoms with Crippen LogP contribution >= 0.6 is 0 Å². The van der Waals surface area contributed by atoms with Crippen LogP contribution in [0.4, 0.5) is 0 Å². The van der Waals surface area contributed by atoms with Gasteiger partial charge in [-0.2, -0.15) is 0 Å². The molecule has 11 aromatic rings. The van der Waals surface area contributed by atoms with Gasteiger partial charge in [-0.05, 0) is 89.2 Å². The fraction of sp³-hybridized carbons (Fsp3) is 0.246. The molecular weight excluding hydrogens is 980 g/mol. The minimum absolute atomic E-state index is 0.00782. The van der Waals surface area contributed by atoms with Crippen molar-refractivity contribution in [1.82, 2.24) is 9.13 Å². The molecule has 0 saturated heterocycles. The maximum atomic E-state index is 2.86. The molecule has 9 aromatic carbocycles. The lowest BCUT2D eigenvalue weighted by Gasteiger charge is -2.45. The van der Waals surface area contributed by atoms with Gasteiger partial charge in [-0.3, -0.25) is 0 Å². The summed E-state index contributed by atoms with van der Waals surface area (Å²) in [6, 6.07) is 60.1. The highest BCUT2D eigenvalue weighted by Crippen LogP contribution is 2.62. The van der Waals surface area contributed by atoms with Crippen molar-refractivity contribution < 1.29 is 0 Å². The van der Waals surface area contributed by atoms with Crippen LogP contribution in [0.1, 0.15) is 48.6 Å². The summed E-state index contributed by atoms with van der Waals surface area (Å²) >= 11 is 0. The lowest BCUT2D eigenvalue weighted by molar-refractivity contribution is 0.596. The third-order valence-corrected chi connectivity index (χ3v) is 26.9. The fourth-order valence-electron chi connectivity index (χ4n) is 15.0. The van der Waals surface area contributed by atoms with E-state index in [0.29, 0.717) is 0 Å². The molecule has 0 atom stereocenters. The van der Waals surface area contributed by atoms with E-state index in [-0.39, 0.29) is 12.1 Å². The molecule has 3 aliphatic heterocycles. The van der Waals surface area contributed by atoms with Gasteiger partial charge in [0.15, 0.2) is 0 Å². The van der Waals surface area contributed by atoms with Gasteiger partial charge in [-0.15, -0.1) is 0 Å². The van der Waals surface area contributed by atoms with E-state index >= 15 is 0 Å². The molecule has 0 fully saturated rings. The molecular formula is C69H69BN2Si4. The van der Waals surface area contributed by atoms with Gasteiger partial charge in [0.25, 0.3) is 6.71 Å². The first-order chi connectivity index (χ1) is 35.9. The van der Waals surface area contributed by atoms with Crippen molar-refractivity contribution in [3.8, 4) is 33.6 Å². The predicted octanol–water partition coefficient (Wildman–Crippen LogP) is 14.0. The molecule has 1 spiro atoms. The van der Waals surface area contributed by atoms with Crippen molar-refractivity contribution in [3.05, 3.63) is 173 Å². The zero-order valence-corrected chi connectivity index (χ0v) is 51.3. The number of fused-ring (bicyclic) bond motifs is 15. The van der Waals surface area contributed by atoms with Crippen molar-refractivity contribution in [2.75, 3.05) is 0 Å². The van der Waals surface area contributed by atoms with Crippen LogP contribution < -0.4 is 37.1 Å². The van der Waals surface area contributed by atoms with E-state index in [1.165, 1.54) is 143 Å². The van der Waals surface area contributed by atoms with E-state index in [9.17, 15) is 0 Å². The topological polar surface area (TPSA) is 9.86 Å². The largest absolute Gasteiger partial charge is 0.310 e. The summed E-state index contributed by atoms with van der Waals surface area (Å²) in [6.07, 6.45) is 0. The zero-order valence-electron chi connectivity index (χ0n) is 47.3. The van der Waals surface area contributed by atoms with Crippen LogP contribution in [0.15, 0.2) is 146 Å². The quantitative estimate of drug-likeness (QED) is 0.152. The summed E-state index contributed by atoms with van der Waals surface area (Å²) in [6.45, 7) is 37.8. The maximum absolute atomic E-state index is 2.86. The van der Waals surface area contributed by atoms with Crippen LogP contribution in [0.5, 0.6) is 0 Å². The van der Waals surface area contributed by atoms with E-state index in [0.717, 1.165) is 0 Å². The summed E-state index contributed by atoms with van der Waals surface area (Å²) < 4.78 is 5.68. The van der Waals surface area contributed by atoms with Gasteiger partial charge < -0.3 is 9.13 Å². The SMILES string of the molecule is CC(C)(C)c1cccc2c(-c3cc4c5c6c3-n3c7ccc([Si](C)(C)C)cc7c7cc([Si](C)(C)C)cc(c73)B6c3cc([Si](C)(C)C)cc6c7cc([Si](C)(C)C)cc(c7n-5c36)C43c4ccccc4-c4ccccc43)cccc12. The van der Waals surface area contributed by atoms with Crippen LogP contribution in [-0.2, 0) is 10.8 Å². The fourth-order valence-corrected chi connectivity index (χ4v) is 19.6. The zero-order chi connectivity index (χ0) is 52.9. The number of nitrogens with zero attached hydrogens (tertiary/aromatic N) is 2. The van der Waals surface area contributed by atoms with Crippen molar-refractivity contribution in [2.24, 2.45) is 0 Å². The minimum Gasteiger partial charge on any atom is -0.310 e. The first kappa shape index (κ1) is 47.0. The molecule has 0 unspecified atom stereocenters. The monoisotopic (exact) mass is 1050 g/mol. The van der Waals surface area contributed by atoms with Gasteiger partial charge in [0, 0.05) is 43.8 Å². The van der Waals surface area contributed by atoms with Crippen LogP contribution in [0.3, 0.4) is 0 Å². The van der Waals surface area contributed by atoms with Gasteiger partial charge in [0.1, 0.15) is 0 Å². The molecule has 0 amide bonds. The summed E-state index contributed by atoms with van der Waals surface area (Å²) in [5.74, 6) is 0. The molecule has 5 heterocycles. The second-order valence-corrected chi connectivity index (χ2v) is 48.9. The Kier molecular flexibility index (Phi) is 9.07. The molecule has 0 radical (unpaired) electrons. The molecule has 4 aliphatic rings. The number of aromatic nitrogens is 2. The highest BCUT2D eigenvalue weighted by Gasteiger charge is 2.55. The third-order valence-electron chi connectivity index (χ3n) is 18.8. The molecule has 7 heteroatoms. The summed E-state index contributed by atoms with van der Waals surface area (Å²) in [4.78, 5) is 0. The number of rotatable bonds is 5. The van der Waals surface area contributed by atoms with E-state index in [1.54, 1.807) is 10.4 Å². The Morgan fingerprint density at radius 2 is 0.868 bits per heavy atom. The van der Waals surface area contributed by atoms with E-state index in [2.05, 4.69) is 254 Å². The van der Waals surface area contributed by atoms with Gasteiger partial charge in [0.05, 0.1) is 54.4 Å². The van der Waals surface area contributed by atoms with E-state index < -0.39 is 37.7 Å². The van der Waals surface area contributed by atoms with Gasteiger partial charge in [-0.1, -0.05) is 254 Å². The Balaban J connectivity index is 1.27. The first-order valence-electron chi connectivity index (χ1n) is 28.1. The molecule has 374 valence electrons. The number of hydrogen-bond acceptors (Lipinski definition) is 0. The van der Waals surface area contributed by atoms with Crippen molar-refractivity contribution in [2.45, 2.75) is 110 Å². The first-order valence-corrected chi connectivity index (χ1v) is 42.1. The Morgan fingerprint density at radius 3 is 1.46 bits per heavy atom. The van der Waals surface area contributed by atoms with Gasteiger partial charge >= 0.3 is 0 Å². The van der Waals surface area contributed by atoms with Crippen LogP contribution in [0.2, 0.25) is 78.6 Å². The Bertz CT molecular complexity index is 4450. The van der Waals surface area contributed by atoms with Crippen LogP contribution in [0, 0.1) is 0 Å². The lowest BCUT2D eigenvalue weighted by atomic mass is 9.33. The van der Waals surface area contributed by atoms with Gasteiger partial charge in [-0.25, -0.2) is 0 Å². The molecule has 15 rings (SSSR count). The van der Waals surface area contributed by atoms with Crippen molar-refractivity contribution in [1.29, 1.82) is 0 Å². The second kappa shape index (κ2) is 14.7. The second-order valence-electron chi connectivity index (χ2n) is 28.6. The van der Waals surface area contributed by atoms with Gasteiger partial charge in [0.2, 0.25) is 0 Å². The maximum Gasteiger partial charge on any atom is 0.252 e. The van der Waals surface area contributed by atoms with Crippen molar-refractivity contribution >= 4 is 131 Å². The summed E-state index contributed by atoms with van der Waals surface area (Å²) in [5.41, 5.74) is 24.6. The molecule has 0 N–H and O–H groups in total. The molecule has 76 heavy (non-hydrogen) atoms. The van der Waals surface area contributed by atoms with E-state index in [1.807, 2.05) is 0 Å². The molecule has 0 saturated carbocycles. The Hall–Kier alpha value is -6.23. The average Bonchev–Trinajstić information content (AvgIpc) is 2.81. The molecule has 2 aromatic heterocycles. The highest BCUT2D eigenvalue weighted by atomic mass is 28.3.